The smallest absolute Gasteiger partial charge is 0.205 e. The number of Topliss-reactive ketones (excluding diaryl/α,β-unsaturated/α-hetero) is 1. The number of likely N-dealkylation sites (tertiary alicyclic amines) is 1. The second-order valence-corrected chi connectivity index (χ2v) is 8.22. The number of hydrogen-bond acceptors (Lipinski definition) is 6. The van der Waals surface area contributed by atoms with Crippen molar-refractivity contribution in [3.63, 3.8) is 0 Å². The number of carbonyl (C=O) groups excluding carboxylic acids is 1. The van der Waals surface area contributed by atoms with Crippen molar-refractivity contribution in [2.24, 2.45) is 0 Å². The summed E-state index contributed by atoms with van der Waals surface area (Å²) in [7, 11) is 3.10. The third-order valence-corrected chi connectivity index (χ3v) is 6.26. The minimum Gasteiger partial charge on any atom is -0.495 e. The second-order valence-electron chi connectivity index (χ2n) is 8.22. The maximum Gasteiger partial charge on any atom is 0.205 e. The molecule has 1 aliphatic heterocycles. The van der Waals surface area contributed by atoms with E-state index in [2.05, 4.69) is 35.2 Å². The Hall–Kier alpha value is -2.99. The first-order valence-electron chi connectivity index (χ1n) is 11.2. The molecular formula is C26H31NO5. The molecule has 1 saturated heterocycles. The fourth-order valence-corrected chi connectivity index (χ4v) is 4.65. The molecule has 0 spiro atoms. The lowest BCUT2D eigenvalue weighted by atomic mass is 9.89. The number of benzene rings is 2. The zero-order valence-corrected chi connectivity index (χ0v) is 19.1. The molecule has 6 heteroatoms. The van der Waals surface area contributed by atoms with Crippen LogP contribution in [-0.2, 0) is 0 Å². The van der Waals surface area contributed by atoms with Gasteiger partial charge in [0.25, 0.3) is 0 Å². The van der Waals surface area contributed by atoms with Crippen molar-refractivity contribution in [3.8, 4) is 17.2 Å². The Balaban J connectivity index is 1.39. The van der Waals surface area contributed by atoms with Crippen molar-refractivity contribution in [1.29, 1.82) is 0 Å². The van der Waals surface area contributed by atoms with Crippen molar-refractivity contribution >= 4 is 16.8 Å². The van der Waals surface area contributed by atoms with Crippen molar-refractivity contribution in [2.45, 2.75) is 32.1 Å². The number of rotatable bonds is 9. The van der Waals surface area contributed by atoms with Gasteiger partial charge in [-0.15, -0.1) is 0 Å². The van der Waals surface area contributed by atoms with Gasteiger partial charge < -0.3 is 23.5 Å². The molecule has 0 radical (unpaired) electrons. The monoisotopic (exact) mass is 437 g/mol. The second kappa shape index (κ2) is 10.1. The Bertz CT molecular complexity index is 1050. The molecule has 0 atom stereocenters. The number of ketones is 1. The van der Waals surface area contributed by atoms with Gasteiger partial charge in [-0.2, -0.15) is 0 Å². The Morgan fingerprint density at radius 1 is 1.03 bits per heavy atom. The van der Waals surface area contributed by atoms with Crippen molar-refractivity contribution in [3.05, 3.63) is 53.8 Å². The highest BCUT2D eigenvalue weighted by molar-refractivity contribution is 6.08. The van der Waals surface area contributed by atoms with E-state index in [0.717, 1.165) is 26.1 Å². The molecule has 0 N–H and O–H groups in total. The van der Waals surface area contributed by atoms with E-state index < -0.39 is 0 Å². The Kier molecular flexibility index (Phi) is 7.00. The van der Waals surface area contributed by atoms with Crippen LogP contribution in [0, 0.1) is 0 Å². The third-order valence-electron chi connectivity index (χ3n) is 6.26. The van der Waals surface area contributed by atoms with Crippen LogP contribution in [0.1, 0.15) is 48.0 Å². The molecule has 0 unspecified atom stereocenters. The summed E-state index contributed by atoms with van der Waals surface area (Å²) in [6.45, 7) is 5.12. The fraction of sp³-hybridized carbons (Fsp3) is 0.423. The van der Waals surface area contributed by atoms with Gasteiger partial charge in [0.15, 0.2) is 17.1 Å². The number of hydrogen-bond donors (Lipinski definition) is 0. The van der Waals surface area contributed by atoms with Gasteiger partial charge >= 0.3 is 0 Å². The largest absolute Gasteiger partial charge is 0.495 e. The van der Waals surface area contributed by atoms with Crippen LogP contribution in [0.4, 0.5) is 0 Å². The van der Waals surface area contributed by atoms with Crippen LogP contribution < -0.4 is 14.2 Å². The number of carbonyl (C=O) groups is 1. The number of piperidine rings is 1. The van der Waals surface area contributed by atoms with E-state index in [1.165, 1.54) is 25.3 Å². The molecule has 1 fully saturated rings. The van der Waals surface area contributed by atoms with Gasteiger partial charge in [-0.3, -0.25) is 4.79 Å². The molecule has 0 bridgehead atoms. The van der Waals surface area contributed by atoms with E-state index in [1.807, 2.05) is 0 Å². The first kappa shape index (κ1) is 22.2. The molecule has 2 aromatic carbocycles. The summed E-state index contributed by atoms with van der Waals surface area (Å²) in [6.07, 6.45) is 4.77. The topological polar surface area (TPSA) is 61.1 Å². The highest BCUT2D eigenvalue weighted by atomic mass is 16.5. The zero-order chi connectivity index (χ0) is 22.5. The molecule has 32 heavy (non-hydrogen) atoms. The zero-order valence-electron chi connectivity index (χ0n) is 19.1. The lowest BCUT2D eigenvalue weighted by Crippen LogP contribution is -2.34. The minimum absolute atomic E-state index is 0.138. The number of fused-ring (bicyclic) bond motifs is 1. The molecule has 2 heterocycles. The Morgan fingerprint density at radius 2 is 1.75 bits per heavy atom. The van der Waals surface area contributed by atoms with E-state index in [4.69, 9.17) is 18.6 Å². The Labute approximate surface area is 189 Å². The summed E-state index contributed by atoms with van der Waals surface area (Å²) in [5.41, 5.74) is 2.36. The predicted octanol–water partition coefficient (Wildman–Crippen LogP) is 5.30. The number of ether oxygens (including phenoxy) is 3. The summed E-state index contributed by atoms with van der Waals surface area (Å²) in [5, 5.41) is 0.697. The molecule has 1 aromatic heterocycles. The van der Waals surface area contributed by atoms with Crippen LogP contribution in [0.3, 0.4) is 0 Å². The molecular weight excluding hydrogens is 406 g/mol. The molecule has 0 aliphatic carbocycles. The molecule has 170 valence electrons. The van der Waals surface area contributed by atoms with Gasteiger partial charge in [0.1, 0.15) is 11.3 Å². The quantitative estimate of drug-likeness (QED) is 0.334. The van der Waals surface area contributed by atoms with Crippen LogP contribution >= 0.6 is 0 Å². The van der Waals surface area contributed by atoms with E-state index in [0.29, 0.717) is 46.3 Å². The maximum atomic E-state index is 12.5. The number of furan rings is 1. The van der Waals surface area contributed by atoms with Crippen LogP contribution in [0.5, 0.6) is 17.2 Å². The summed E-state index contributed by atoms with van der Waals surface area (Å²) >= 11 is 0. The maximum absolute atomic E-state index is 12.5. The lowest BCUT2D eigenvalue weighted by Gasteiger charge is -2.32. The highest BCUT2D eigenvalue weighted by Crippen LogP contribution is 2.46. The first-order valence-corrected chi connectivity index (χ1v) is 11.2. The van der Waals surface area contributed by atoms with Crippen molar-refractivity contribution < 1.29 is 23.4 Å². The van der Waals surface area contributed by atoms with Crippen LogP contribution in [0.2, 0.25) is 0 Å². The van der Waals surface area contributed by atoms with E-state index in [-0.39, 0.29) is 5.78 Å². The van der Waals surface area contributed by atoms with E-state index in [1.54, 1.807) is 26.5 Å². The summed E-state index contributed by atoms with van der Waals surface area (Å²) in [4.78, 5) is 14.9. The molecule has 3 aromatic rings. The van der Waals surface area contributed by atoms with Gasteiger partial charge in [-0.25, -0.2) is 0 Å². The van der Waals surface area contributed by atoms with Crippen LogP contribution in [0.15, 0.2) is 47.1 Å². The van der Waals surface area contributed by atoms with Crippen molar-refractivity contribution in [2.75, 3.05) is 40.5 Å². The fourth-order valence-electron chi connectivity index (χ4n) is 4.65. The molecule has 1 aliphatic rings. The SMILES string of the molecule is COc1c(C(C)=O)c(OCCCN2CCC(c3ccccc3)CC2)c(OC)c2occc12. The first-order chi connectivity index (χ1) is 15.6. The van der Waals surface area contributed by atoms with E-state index in [9.17, 15) is 4.79 Å². The van der Waals surface area contributed by atoms with Crippen LogP contribution in [-0.4, -0.2) is 51.1 Å². The summed E-state index contributed by atoms with van der Waals surface area (Å²) in [5.74, 6) is 1.79. The molecule has 0 saturated carbocycles. The van der Waals surface area contributed by atoms with E-state index >= 15 is 0 Å². The number of methoxy groups -OCH3 is 2. The van der Waals surface area contributed by atoms with Gasteiger partial charge in [-0.05, 0) is 56.8 Å². The standard InChI is InChI=1S/C26H31NO5/c1-18(28)22-23(29-2)21-12-17-32-24(21)26(30-3)25(22)31-16-7-13-27-14-10-20(11-15-27)19-8-5-4-6-9-19/h4-6,8-9,12,17,20H,7,10-11,13-16H2,1-3H3. The molecule has 6 nitrogen and oxygen atoms in total. The minimum atomic E-state index is -0.138. The van der Waals surface area contributed by atoms with Gasteiger partial charge in [0.05, 0.1) is 32.5 Å². The Morgan fingerprint density at radius 3 is 2.41 bits per heavy atom. The molecule has 0 amide bonds. The predicted molar refractivity (Wildman–Crippen MR) is 124 cm³/mol. The van der Waals surface area contributed by atoms with Gasteiger partial charge in [0, 0.05) is 6.54 Å². The molecule has 4 rings (SSSR count). The van der Waals surface area contributed by atoms with Gasteiger partial charge in [-0.1, -0.05) is 30.3 Å². The van der Waals surface area contributed by atoms with Gasteiger partial charge in [0.2, 0.25) is 5.75 Å². The third kappa shape index (κ3) is 4.46. The summed E-state index contributed by atoms with van der Waals surface area (Å²) in [6, 6.07) is 12.6. The highest BCUT2D eigenvalue weighted by Gasteiger charge is 2.27. The normalized spacial score (nSPS) is 15.1. The lowest BCUT2D eigenvalue weighted by molar-refractivity contribution is 0.100. The average Bonchev–Trinajstić information content (AvgIpc) is 3.31. The van der Waals surface area contributed by atoms with Crippen LogP contribution in [0.25, 0.3) is 11.0 Å². The van der Waals surface area contributed by atoms with Crippen molar-refractivity contribution in [1.82, 2.24) is 4.90 Å². The average molecular weight is 438 g/mol. The number of nitrogens with zero attached hydrogens (tertiary/aromatic N) is 1. The summed E-state index contributed by atoms with van der Waals surface area (Å²) < 4.78 is 22.8.